The van der Waals surface area contributed by atoms with Crippen LogP contribution in [0.5, 0.6) is 0 Å². The van der Waals surface area contributed by atoms with Crippen LogP contribution in [0.2, 0.25) is 5.02 Å². The molecule has 2 aromatic carbocycles. The molecule has 6 nitrogen and oxygen atoms in total. The summed E-state index contributed by atoms with van der Waals surface area (Å²) in [6.07, 6.45) is 0. The summed E-state index contributed by atoms with van der Waals surface area (Å²) in [7, 11) is -3.86. The largest absolute Gasteiger partial charge is 0.414 e. The van der Waals surface area contributed by atoms with E-state index in [2.05, 4.69) is 9.71 Å². The Morgan fingerprint density at radius 3 is 2.54 bits per heavy atom. The van der Waals surface area contributed by atoms with Crippen LogP contribution in [0, 0.1) is 13.8 Å². The molecule has 1 N–H and O–H groups in total. The van der Waals surface area contributed by atoms with Crippen LogP contribution in [-0.2, 0) is 10.0 Å². The number of nitrogens with zero attached hydrogens (tertiary/aromatic N) is 1. The number of hydrogen-bond acceptors (Lipinski definition) is 5. The van der Waals surface area contributed by atoms with Crippen molar-refractivity contribution >= 4 is 54.8 Å². The van der Waals surface area contributed by atoms with Crippen molar-refractivity contribution in [2.75, 3.05) is 5.32 Å². The van der Waals surface area contributed by atoms with Crippen LogP contribution in [0.3, 0.4) is 0 Å². The van der Waals surface area contributed by atoms with Gasteiger partial charge in [0.1, 0.15) is 5.84 Å². The van der Waals surface area contributed by atoms with Crippen molar-refractivity contribution < 1.29 is 12.8 Å². The Kier molecular flexibility index (Phi) is 4.92. The molecule has 26 heavy (non-hydrogen) atoms. The fourth-order valence-corrected chi connectivity index (χ4v) is 4.45. The van der Waals surface area contributed by atoms with E-state index < -0.39 is 10.0 Å². The monoisotopic (exact) mass is 410 g/mol. The molecule has 3 aromatic rings. The summed E-state index contributed by atoms with van der Waals surface area (Å²) in [5, 5.41) is 3.44. The average Bonchev–Trinajstić information content (AvgIpc) is 2.95. The molecular formula is C17H15ClN2O4S2. The van der Waals surface area contributed by atoms with E-state index in [9.17, 15) is 13.2 Å². The lowest BCUT2D eigenvalue weighted by molar-refractivity contribution is 0.583. The van der Waals surface area contributed by atoms with Crippen molar-refractivity contribution in [1.82, 2.24) is 0 Å². The fourth-order valence-electron chi connectivity index (χ4n) is 2.49. The van der Waals surface area contributed by atoms with Gasteiger partial charge in [0.25, 0.3) is 10.0 Å². The van der Waals surface area contributed by atoms with E-state index >= 15 is 0 Å². The van der Waals surface area contributed by atoms with Gasteiger partial charge in [0.15, 0.2) is 5.58 Å². The number of benzene rings is 2. The quantitative estimate of drug-likeness (QED) is 0.512. The SMILES string of the molecule is CC(=NS(=O)(=O)c1ccc(Cl)cc1)Nc1cc(C)c2oc(=O)sc2c1C. The molecule has 136 valence electrons. The standard InChI is InChI=1S/C17H15ClN2O4S2/c1-9-8-14(10(2)16-15(9)24-17(21)25-16)19-11(3)20-26(22,23)13-6-4-12(18)5-7-13/h4-8H,1-3H3,(H,19,20). The van der Waals surface area contributed by atoms with Crippen LogP contribution in [-0.4, -0.2) is 14.3 Å². The molecule has 3 rings (SSSR count). The van der Waals surface area contributed by atoms with Gasteiger partial charge in [0.05, 0.1) is 9.60 Å². The maximum absolute atomic E-state index is 12.4. The number of amidine groups is 1. The van der Waals surface area contributed by atoms with E-state index in [0.717, 1.165) is 27.2 Å². The number of anilines is 1. The van der Waals surface area contributed by atoms with Crippen molar-refractivity contribution in [3.63, 3.8) is 0 Å². The Hall–Kier alpha value is -2.16. The Balaban J connectivity index is 1.97. The normalized spacial score (nSPS) is 12.5. The minimum absolute atomic E-state index is 0.0551. The minimum atomic E-state index is -3.86. The van der Waals surface area contributed by atoms with Crippen LogP contribution in [0.1, 0.15) is 18.1 Å². The van der Waals surface area contributed by atoms with Crippen LogP contribution in [0.25, 0.3) is 10.3 Å². The molecule has 0 fully saturated rings. The molecule has 0 radical (unpaired) electrons. The second-order valence-corrected chi connectivity index (χ2v) is 8.70. The molecule has 0 unspecified atom stereocenters. The summed E-state index contributed by atoms with van der Waals surface area (Å²) in [6, 6.07) is 7.59. The molecule has 1 heterocycles. The van der Waals surface area contributed by atoms with Gasteiger partial charge in [0.2, 0.25) is 0 Å². The van der Waals surface area contributed by atoms with E-state index in [4.69, 9.17) is 16.0 Å². The summed E-state index contributed by atoms with van der Waals surface area (Å²) in [5.74, 6) is 0.206. The highest BCUT2D eigenvalue weighted by molar-refractivity contribution is 7.90. The van der Waals surface area contributed by atoms with Gasteiger partial charge in [-0.05, 0) is 62.2 Å². The van der Waals surface area contributed by atoms with Gasteiger partial charge in [-0.25, -0.2) is 4.79 Å². The zero-order chi connectivity index (χ0) is 19.1. The fraction of sp³-hybridized carbons (Fsp3) is 0.176. The topological polar surface area (TPSA) is 88.7 Å². The summed E-state index contributed by atoms with van der Waals surface area (Å²) in [5.41, 5.74) is 2.78. The van der Waals surface area contributed by atoms with Gasteiger partial charge < -0.3 is 9.73 Å². The number of rotatable bonds is 3. The molecule has 0 saturated carbocycles. The van der Waals surface area contributed by atoms with Crippen molar-refractivity contribution in [3.8, 4) is 0 Å². The number of nitrogens with one attached hydrogen (secondary N) is 1. The Morgan fingerprint density at radius 1 is 1.23 bits per heavy atom. The van der Waals surface area contributed by atoms with E-state index in [1.807, 2.05) is 13.8 Å². The summed E-state index contributed by atoms with van der Waals surface area (Å²) < 4.78 is 34.5. The second-order valence-electron chi connectivity index (χ2n) is 5.71. The lowest BCUT2D eigenvalue weighted by Gasteiger charge is -2.11. The van der Waals surface area contributed by atoms with Gasteiger partial charge >= 0.3 is 4.94 Å². The second kappa shape index (κ2) is 6.86. The van der Waals surface area contributed by atoms with Crippen LogP contribution in [0.15, 0.2) is 48.8 Å². The molecule has 0 saturated heterocycles. The van der Waals surface area contributed by atoms with E-state index in [-0.39, 0.29) is 15.7 Å². The molecule has 0 aliphatic carbocycles. The van der Waals surface area contributed by atoms with E-state index in [1.54, 1.807) is 13.0 Å². The van der Waals surface area contributed by atoms with Gasteiger partial charge in [-0.15, -0.1) is 4.40 Å². The highest BCUT2D eigenvalue weighted by Gasteiger charge is 2.15. The molecular weight excluding hydrogens is 396 g/mol. The van der Waals surface area contributed by atoms with E-state index in [1.165, 1.54) is 24.3 Å². The van der Waals surface area contributed by atoms with Crippen LogP contribution < -0.4 is 10.3 Å². The first-order valence-electron chi connectivity index (χ1n) is 7.55. The molecule has 0 amide bonds. The number of aryl methyl sites for hydroxylation is 2. The first kappa shape index (κ1) is 18.6. The third-order valence-electron chi connectivity index (χ3n) is 3.72. The lowest BCUT2D eigenvalue weighted by Crippen LogP contribution is -2.12. The Morgan fingerprint density at radius 2 is 1.88 bits per heavy atom. The number of fused-ring (bicyclic) bond motifs is 1. The lowest BCUT2D eigenvalue weighted by atomic mass is 10.1. The van der Waals surface area contributed by atoms with Gasteiger partial charge in [-0.1, -0.05) is 22.9 Å². The zero-order valence-electron chi connectivity index (χ0n) is 14.2. The highest BCUT2D eigenvalue weighted by Crippen LogP contribution is 2.31. The third-order valence-corrected chi connectivity index (χ3v) is 6.30. The molecule has 0 spiro atoms. The summed E-state index contributed by atoms with van der Waals surface area (Å²) >= 11 is 6.80. The number of hydrogen-bond donors (Lipinski definition) is 1. The predicted octanol–water partition coefficient (Wildman–Crippen LogP) is 4.34. The number of sulfonamides is 1. The minimum Gasteiger partial charge on any atom is -0.414 e. The molecule has 1 aromatic heterocycles. The Bertz CT molecular complexity index is 1180. The highest BCUT2D eigenvalue weighted by atomic mass is 35.5. The van der Waals surface area contributed by atoms with Gasteiger partial charge in [-0.3, -0.25) is 0 Å². The Labute approximate surface area is 159 Å². The molecule has 0 atom stereocenters. The molecule has 0 aliphatic rings. The predicted molar refractivity (Wildman–Crippen MR) is 105 cm³/mol. The summed E-state index contributed by atoms with van der Waals surface area (Å²) in [4.78, 5) is 11.2. The molecule has 0 aliphatic heterocycles. The zero-order valence-corrected chi connectivity index (χ0v) is 16.6. The first-order chi connectivity index (χ1) is 12.2. The van der Waals surface area contributed by atoms with Crippen LogP contribution in [0.4, 0.5) is 5.69 Å². The number of halogens is 1. The van der Waals surface area contributed by atoms with Crippen molar-refractivity contribution in [1.29, 1.82) is 0 Å². The smallest absolute Gasteiger partial charge is 0.396 e. The van der Waals surface area contributed by atoms with Crippen molar-refractivity contribution in [2.24, 2.45) is 4.40 Å². The maximum atomic E-state index is 12.4. The average molecular weight is 411 g/mol. The maximum Gasteiger partial charge on any atom is 0.396 e. The first-order valence-corrected chi connectivity index (χ1v) is 10.2. The third kappa shape index (κ3) is 3.67. The van der Waals surface area contributed by atoms with Gasteiger partial charge in [-0.2, -0.15) is 8.42 Å². The van der Waals surface area contributed by atoms with Crippen molar-refractivity contribution in [3.05, 3.63) is 56.2 Å². The van der Waals surface area contributed by atoms with E-state index in [0.29, 0.717) is 16.3 Å². The van der Waals surface area contributed by atoms with Crippen LogP contribution >= 0.6 is 22.9 Å². The summed E-state index contributed by atoms with van der Waals surface area (Å²) in [6.45, 7) is 5.21. The molecule has 0 bridgehead atoms. The molecule has 9 heteroatoms. The van der Waals surface area contributed by atoms with Gasteiger partial charge in [0, 0.05) is 10.7 Å². The van der Waals surface area contributed by atoms with Crippen molar-refractivity contribution in [2.45, 2.75) is 25.7 Å².